The Morgan fingerprint density at radius 3 is 2.44 bits per heavy atom. The van der Waals surface area contributed by atoms with Crippen molar-refractivity contribution in [3.63, 3.8) is 0 Å². The zero-order chi connectivity index (χ0) is 18.0. The van der Waals surface area contributed by atoms with Crippen molar-refractivity contribution in [1.29, 1.82) is 0 Å². The number of hydrogen-bond donors (Lipinski definition) is 1. The van der Waals surface area contributed by atoms with E-state index in [9.17, 15) is 8.42 Å². The minimum Gasteiger partial charge on any atom is -0.378 e. The molecule has 134 valence electrons. The highest BCUT2D eigenvalue weighted by Crippen LogP contribution is 2.24. The fourth-order valence-electron chi connectivity index (χ4n) is 2.87. The van der Waals surface area contributed by atoms with Gasteiger partial charge in [0.05, 0.1) is 11.5 Å². The molecule has 1 unspecified atom stereocenters. The van der Waals surface area contributed by atoms with Gasteiger partial charge in [0.25, 0.3) is 0 Å². The third-order valence-corrected chi connectivity index (χ3v) is 6.18. The molecule has 1 fully saturated rings. The zero-order valence-corrected chi connectivity index (χ0v) is 15.5. The van der Waals surface area contributed by atoms with Crippen LogP contribution in [0.25, 0.3) is 0 Å². The van der Waals surface area contributed by atoms with Crippen LogP contribution in [0.15, 0.2) is 36.7 Å². The predicted octanol–water partition coefficient (Wildman–Crippen LogP) is 1.91. The third kappa shape index (κ3) is 4.19. The second-order valence-electron chi connectivity index (χ2n) is 6.50. The van der Waals surface area contributed by atoms with E-state index in [1.54, 1.807) is 0 Å². The molecule has 1 N–H and O–H groups in total. The summed E-state index contributed by atoms with van der Waals surface area (Å²) >= 11 is 0. The molecule has 3 rings (SSSR count). The van der Waals surface area contributed by atoms with Gasteiger partial charge >= 0.3 is 0 Å². The van der Waals surface area contributed by atoms with Gasteiger partial charge in [-0.25, -0.2) is 18.4 Å². The fraction of sp³-hybridized carbons (Fsp3) is 0.412. The molecule has 1 aromatic heterocycles. The minimum atomic E-state index is -2.92. The molecule has 1 aromatic carbocycles. The van der Waals surface area contributed by atoms with Crippen LogP contribution in [0.3, 0.4) is 0 Å². The number of anilines is 4. The first-order chi connectivity index (χ1) is 11.8. The van der Waals surface area contributed by atoms with Crippen molar-refractivity contribution in [2.45, 2.75) is 12.5 Å². The van der Waals surface area contributed by atoms with Crippen LogP contribution >= 0.6 is 0 Å². The number of nitrogens with zero attached hydrogens (tertiary/aromatic N) is 4. The highest BCUT2D eigenvalue weighted by Gasteiger charge is 2.31. The van der Waals surface area contributed by atoms with E-state index in [-0.39, 0.29) is 17.5 Å². The monoisotopic (exact) mass is 361 g/mol. The lowest BCUT2D eigenvalue weighted by molar-refractivity contribution is 0.600. The average molecular weight is 361 g/mol. The minimum absolute atomic E-state index is 0.0351. The Labute approximate surface area is 148 Å². The standard InChI is InChI=1S/C17H23N5O2S/c1-21(2)14-6-4-13(5-7-14)20-16-10-17(19-12-18-16)22(3)15-8-9-25(23,24)11-15/h4-7,10,12,15H,8-9,11H2,1-3H3,(H,18,19,20). The number of nitrogens with one attached hydrogen (secondary N) is 1. The lowest BCUT2D eigenvalue weighted by atomic mass is 10.2. The van der Waals surface area contributed by atoms with E-state index in [4.69, 9.17) is 0 Å². The van der Waals surface area contributed by atoms with Crippen molar-refractivity contribution in [2.75, 3.05) is 47.8 Å². The van der Waals surface area contributed by atoms with Crippen molar-refractivity contribution in [1.82, 2.24) is 9.97 Å². The highest BCUT2D eigenvalue weighted by atomic mass is 32.2. The van der Waals surface area contributed by atoms with Crippen molar-refractivity contribution in [3.8, 4) is 0 Å². The summed E-state index contributed by atoms with van der Waals surface area (Å²) in [5.74, 6) is 1.82. The lowest BCUT2D eigenvalue weighted by Gasteiger charge is -2.24. The lowest BCUT2D eigenvalue weighted by Crippen LogP contribution is -2.33. The fourth-order valence-corrected chi connectivity index (χ4v) is 4.64. The molecule has 0 bridgehead atoms. The second-order valence-corrected chi connectivity index (χ2v) is 8.72. The molecule has 0 spiro atoms. The maximum Gasteiger partial charge on any atom is 0.152 e. The zero-order valence-electron chi connectivity index (χ0n) is 14.7. The largest absolute Gasteiger partial charge is 0.378 e. The second kappa shape index (κ2) is 6.87. The summed E-state index contributed by atoms with van der Waals surface area (Å²) in [6, 6.07) is 9.84. The van der Waals surface area contributed by atoms with E-state index >= 15 is 0 Å². The Bertz CT molecular complexity index is 836. The third-order valence-electron chi connectivity index (χ3n) is 4.43. The molecular formula is C17H23N5O2S. The van der Waals surface area contributed by atoms with Crippen LogP contribution in [0.2, 0.25) is 0 Å². The van der Waals surface area contributed by atoms with Crippen LogP contribution in [-0.2, 0) is 9.84 Å². The number of hydrogen-bond acceptors (Lipinski definition) is 7. The van der Waals surface area contributed by atoms with E-state index < -0.39 is 9.84 Å². The smallest absolute Gasteiger partial charge is 0.152 e. The van der Waals surface area contributed by atoms with Gasteiger partial charge in [-0.3, -0.25) is 0 Å². The van der Waals surface area contributed by atoms with Crippen LogP contribution in [0.5, 0.6) is 0 Å². The summed E-state index contributed by atoms with van der Waals surface area (Å²) in [5, 5.41) is 3.26. The molecule has 8 heteroatoms. The molecular weight excluding hydrogens is 338 g/mol. The summed E-state index contributed by atoms with van der Waals surface area (Å²) in [7, 11) is 2.95. The van der Waals surface area contributed by atoms with Gasteiger partial charge in [-0.15, -0.1) is 0 Å². The van der Waals surface area contributed by atoms with E-state index in [1.807, 2.05) is 61.3 Å². The highest BCUT2D eigenvalue weighted by molar-refractivity contribution is 7.91. The number of benzene rings is 1. The van der Waals surface area contributed by atoms with Gasteiger partial charge in [-0.05, 0) is 30.7 Å². The molecule has 1 aliphatic heterocycles. The Balaban J connectivity index is 1.73. The Kier molecular flexibility index (Phi) is 4.80. The SMILES string of the molecule is CN(C)c1ccc(Nc2cc(N(C)C3CCS(=O)(=O)C3)ncn2)cc1. The predicted molar refractivity (Wildman–Crippen MR) is 102 cm³/mol. The summed E-state index contributed by atoms with van der Waals surface area (Å²) in [5.41, 5.74) is 2.05. The maximum absolute atomic E-state index is 11.7. The summed E-state index contributed by atoms with van der Waals surface area (Å²) in [4.78, 5) is 12.5. The van der Waals surface area contributed by atoms with Crippen molar-refractivity contribution in [3.05, 3.63) is 36.7 Å². The molecule has 1 saturated heterocycles. The molecule has 1 aliphatic rings. The first-order valence-corrected chi connectivity index (χ1v) is 9.96. The molecule has 2 aromatic rings. The Morgan fingerprint density at radius 2 is 1.84 bits per heavy atom. The molecule has 7 nitrogen and oxygen atoms in total. The van der Waals surface area contributed by atoms with E-state index in [0.29, 0.717) is 18.1 Å². The first-order valence-electron chi connectivity index (χ1n) is 8.14. The van der Waals surface area contributed by atoms with E-state index in [2.05, 4.69) is 15.3 Å². The van der Waals surface area contributed by atoms with Gasteiger partial charge in [0.15, 0.2) is 9.84 Å². The number of sulfone groups is 1. The molecule has 0 amide bonds. The molecule has 25 heavy (non-hydrogen) atoms. The molecule has 0 saturated carbocycles. The summed E-state index contributed by atoms with van der Waals surface area (Å²) in [6.07, 6.45) is 2.13. The molecule has 1 atom stereocenters. The van der Waals surface area contributed by atoms with Gasteiger partial charge in [0, 0.05) is 44.6 Å². The Hall–Kier alpha value is -2.35. The van der Waals surface area contributed by atoms with Crippen LogP contribution < -0.4 is 15.1 Å². The normalized spacial score (nSPS) is 18.8. The van der Waals surface area contributed by atoms with Crippen LogP contribution in [-0.4, -0.2) is 57.1 Å². The van der Waals surface area contributed by atoms with Gasteiger partial charge in [-0.1, -0.05) is 0 Å². The van der Waals surface area contributed by atoms with E-state index in [1.165, 1.54) is 6.33 Å². The van der Waals surface area contributed by atoms with Crippen molar-refractivity contribution < 1.29 is 8.42 Å². The van der Waals surface area contributed by atoms with Crippen LogP contribution in [0.4, 0.5) is 23.0 Å². The number of aromatic nitrogens is 2. The maximum atomic E-state index is 11.7. The van der Waals surface area contributed by atoms with Crippen molar-refractivity contribution >= 4 is 32.8 Å². The average Bonchev–Trinajstić information content (AvgIpc) is 2.95. The van der Waals surface area contributed by atoms with E-state index in [0.717, 1.165) is 11.4 Å². The number of rotatable bonds is 5. The van der Waals surface area contributed by atoms with Crippen LogP contribution in [0.1, 0.15) is 6.42 Å². The topological polar surface area (TPSA) is 78.4 Å². The molecule has 0 radical (unpaired) electrons. The van der Waals surface area contributed by atoms with Crippen molar-refractivity contribution in [2.24, 2.45) is 0 Å². The van der Waals surface area contributed by atoms with Gasteiger partial charge < -0.3 is 15.1 Å². The summed E-state index contributed by atoms with van der Waals surface area (Å²) in [6.45, 7) is 0. The van der Waals surface area contributed by atoms with Gasteiger partial charge in [0.2, 0.25) is 0 Å². The molecule has 0 aliphatic carbocycles. The van der Waals surface area contributed by atoms with Gasteiger partial charge in [-0.2, -0.15) is 0 Å². The first kappa shape index (κ1) is 17.5. The molecule has 2 heterocycles. The quantitative estimate of drug-likeness (QED) is 0.871. The van der Waals surface area contributed by atoms with Crippen LogP contribution in [0, 0.1) is 0 Å². The van der Waals surface area contributed by atoms with Gasteiger partial charge in [0.1, 0.15) is 18.0 Å². The Morgan fingerprint density at radius 1 is 1.12 bits per heavy atom. The summed E-state index contributed by atoms with van der Waals surface area (Å²) < 4.78 is 23.4.